The van der Waals surface area contributed by atoms with Crippen molar-refractivity contribution in [3.8, 4) is 0 Å². The number of nitrogens with one attached hydrogen (secondary N) is 1. The molecule has 3 heteroatoms. The van der Waals surface area contributed by atoms with E-state index in [-0.39, 0.29) is 0 Å². The molecule has 100 valence electrons. The summed E-state index contributed by atoms with van der Waals surface area (Å²) in [5, 5.41) is 3.37. The van der Waals surface area contributed by atoms with Crippen LogP contribution in [0.3, 0.4) is 0 Å². The summed E-state index contributed by atoms with van der Waals surface area (Å²) >= 11 is 0. The first-order chi connectivity index (χ1) is 8.16. The molecule has 0 amide bonds. The largest absolute Gasteiger partial charge is 0.377 e. The molecule has 0 aromatic rings. The second-order valence-electron chi connectivity index (χ2n) is 6.36. The molecule has 1 N–H and O–H groups in total. The predicted octanol–water partition coefficient (Wildman–Crippen LogP) is 1.88. The molecule has 3 nitrogen and oxygen atoms in total. The van der Waals surface area contributed by atoms with Crippen LogP contribution in [0.1, 0.15) is 39.5 Å². The topological polar surface area (TPSA) is 24.5 Å². The Bertz CT molecular complexity index is 224. The van der Waals surface area contributed by atoms with E-state index in [1.165, 1.54) is 38.8 Å². The summed E-state index contributed by atoms with van der Waals surface area (Å²) < 4.78 is 5.97. The molecule has 0 atom stereocenters. The van der Waals surface area contributed by atoms with Gasteiger partial charge >= 0.3 is 0 Å². The highest BCUT2D eigenvalue weighted by Crippen LogP contribution is 2.28. The van der Waals surface area contributed by atoms with E-state index in [2.05, 4.69) is 24.1 Å². The molecular formula is C14H28N2O. The van der Waals surface area contributed by atoms with Gasteiger partial charge in [-0.25, -0.2) is 0 Å². The zero-order valence-electron chi connectivity index (χ0n) is 11.5. The van der Waals surface area contributed by atoms with E-state index < -0.39 is 0 Å². The normalized spacial score (nSPS) is 27.2. The van der Waals surface area contributed by atoms with E-state index in [9.17, 15) is 0 Å². The van der Waals surface area contributed by atoms with E-state index in [0.717, 1.165) is 26.2 Å². The van der Waals surface area contributed by atoms with Gasteiger partial charge in [0.1, 0.15) is 0 Å². The third-order valence-corrected chi connectivity index (χ3v) is 4.03. The molecule has 0 bridgehead atoms. The summed E-state index contributed by atoms with van der Waals surface area (Å²) in [5.41, 5.74) is 0.507. The second-order valence-corrected chi connectivity index (χ2v) is 6.36. The Kier molecular flexibility index (Phi) is 4.83. The highest BCUT2D eigenvalue weighted by atomic mass is 16.5. The van der Waals surface area contributed by atoms with Crippen LogP contribution in [0.2, 0.25) is 0 Å². The number of likely N-dealkylation sites (tertiary alicyclic amines) is 1. The van der Waals surface area contributed by atoms with E-state index >= 15 is 0 Å². The predicted molar refractivity (Wildman–Crippen MR) is 71.3 cm³/mol. The lowest BCUT2D eigenvalue weighted by atomic mass is 9.84. The van der Waals surface area contributed by atoms with Gasteiger partial charge in [0.15, 0.2) is 0 Å². The van der Waals surface area contributed by atoms with Crippen molar-refractivity contribution in [2.24, 2.45) is 5.41 Å². The Balaban J connectivity index is 1.61. The molecule has 17 heavy (non-hydrogen) atoms. The first-order valence-electron chi connectivity index (χ1n) is 7.20. The fourth-order valence-corrected chi connectivity index (χ4v) is 3.05. The van der Waals surface area contributed by atoms with Gasteiger partial charge in [-0.05, 0) is 50.7 Å². The van der Waals surface area contributed by atoms with Crippen LogP contribution in [0, 0.1) is 5.41 Å². The molecule has 2 heterocycles. The molecule has 2 aliphatic rings. The van der Waals surface area contributed by atoms with Crippen molar-refractivity contribution < 1.29 is 4.74 Å². The van der Waals surface area contributed by atoms with Crippen molar-refractivity contribution in [1.82, 2.24) is 10.2 Å². The van der Waals surface area contributed by atoms with Crippen molar-refractivity contribution >= 4 is 0 Å². The molecule has 0 radical (unpaired) electrons. The quantitative estimate of drug-likeness (QED) is 0.812. The fraction of sp³-hybridized carbons (Fsp3) is 1.00. The molecular weight excluding hydrogens is 212 g/mol. The maximum absolute atomic E-state index is 5.97. The minimum atomic E-state index is 0.507. The zero-order valence-corrected chi connectivity index (χ0v) is 11.5. The smallest absolute Gasteiger partial charge is 0.0600 e. The standard InChI is InChI=1S/C14H28N2O/c1-14(2)6-3-9-16(12-14)10-11-17-13-4-7-15-8-5-13/h13,15H,3-12H2,1-2H3. The zero-order chi connectivity index (χ0) is 12.1. The van der Waals surface area contributed by atoms with E-state index in [1.807, 2.05) is 0 Å². The summed E-state index contributed by atoms with van der Waals surface area (Å²) in [6.07, 6.45) is 5.60. The average molecular weight is 240 g/mol. The number of hydrogen-bond donors (Lipinski definition) is 1. The van der Waals surface area contributed by atoms with Crippen LogP contribution in [0.4, 0.5) is 0 Å². The highest BCUT2D eigenvalue weighted by Gasteiger charge is 2.26. The molecule has 2 rings (SSSR count). The lowest BCUT2D eigenvalue weighted by Gasteiger charge is -2.38. The Hall–Kier alpha value is -0.120. The van der Waals surface area contributed by atoms with Crippen molar-refractivity contribution in [3.63, 3.8) is 0 Å². The van der Waals surface area contributed by atoms with Gasteiger partial charge in [-0.3, -0.25) is 0 Å². The monoisotopic (exact) mass is 240 g/mol. The number of nitrogens with zero attached hydrogens (tertiary/aromatic N) is 1. The SMILES string of the molecule is CC1(C)CCCN(CCOC2CCNCC2)C1. The lowest BCUT2D eigenvalue weighted by Crippen LogP contribution is -2.42. The number of piperidine rings is 2. The van der Waals surface area contributed by atoms with Gasteiger partial charge in [0.25, 0.3) is 0 Å². The number of rotatable bonds is 4. The summed E-state index contributed by atoms with van der Waals surface area (Å²) in [4.78, 5) is 2.57. The summed E-state index contributed by atoms with van der Waals surface area (Å²) in [6.45, 7) is 11.6. The van der Waals surface area contributed by atoms with Gasteiger partial charge in [0.2, 0.25) is 0 Å². The van der Waals surface area contributed by atoms with Crippen molar-refractivity contribution in [1.29, 1.82) is 0 Å². The summed E-state index contributed by atoms with van der Waals surface area (Å²) in [5.74, 6) is 0. The molecule has 2 saturated heterocycles. The van der Waals surface area contributed by atoms with Gasteiger partial charge in [0, 0.05) is 13.1 Å². The van der Waals surface area contributed by atoms with Crippen LogP contribution in [0.15, 0.2) is 0 Å². The molecule has 2 aliphatic heterocycles. The Morgan fingerprint density at radius 2 is 2.06 bits per heavy atom. The number of hydrogen-bond acceptors (Lipinski definition) is 3. The van der Waals surface area contributed by atoms with Crippen LogP contribution in [-0.2, 0) is 4.74 Å². The van der Waals surface area contributed by atoms with E-state index in [1.54, 1.807) is 0 Å². The van der Waals surface area contributed by atoms with Crippen LogP contribution in [0.25, 0.3) is 0 Å². The van der Waals surface area contributed by atoms with Gasteiger partial charge in [-0.2, -0.15) is 0 Å². The third-order valence-electron chi connectivity index (χ3n) is 4.03. The maximum Gasteiger partial charge on any atom is 0.0600 e. The van der Waals surface area contributed by atoms with Crippen molar-refractivity contribution in [2.45, 2.75) is 45.6 Å². The van der Waals surface area contributed by atoms with Crippen molar-refractivity contribution in [2.75, 3.05) is 39.3 Å². The molecule has 0 saturated carbocycles. The van der Waals surface area contributed by atoms with Crippen LogP contribution in [-0.4, -0.2) is 50.3 Å². The highest BCUT2D eigenvalue weighted by molar-refractivity contribution is 4.79. The van der Waals surface area contributed by atoms with Crippen molar-refractivity contribution in [3.05, 3.63) is 0 Å². The summed E-state index contributed by atoms with van der Waals surface area (Å²) in [7, 11) is 0. The molecule has 0 aromatic heterocycles. The lowest BCUT2D eigenvalue weighted by molar-refractivity contribution is 0.00859. The molecule has 0 spiro atoms. The molecule has 0 aliphatic carbocycles. The maximum atomic E-state index is 5.97. The van der Waals surface area contributed by atoms with Gasteiger partial charge in [0.05, 0.1) is 12.7 Å². The Labute approximate surface area is 106 Å². The van der Waals surface area contributed by atoms with Gasteiger partial charge in [-0.15, -0.1) is 0 Å². The number of ether oxygens (including phenoxy) is 1. The molecule has 2 fully saturated rings. The minimum absolute atomic E-state index is 0.507. The Morgan fingerprint density at radius 3 is 2.76 bits per heavy atom. The first kappa shape index (κ1) is 13.3. The fourth-order valence-electron chi connectivity index (χ4n) is 3.05. The molecule has 0 unspecified atom stereocenters. The summed E-state index contributed by atoms with van der Waals surface area (Å²) in [6, 6.07) is 0. The van der Waals surface area contributed by atoms with E-state index in [4.69, 9.17) is 4.74 Å². The van der Waals surface area contributed by atoms with Gasteiger partial charge < -0.3 is 15.0 Å². The Morgan fingerprint density at radius 1 is 1.29 bits per heavy atom. The third kappa shape index (κ3) is 4.57. The van der Waals surface area contributed by atoms with E-state index in [0.29, 0.717) is 11.5 Å². The van der Waals surface area contributed by atoms with Crippen LogP contribution < -0.4 is 5.32 Å². The second kappa shape index (κ2) is 6.17. The van der Waals surface area contributed by atoms with Crippen LogP contribution >= 0.6 is 0 Å². The van der Waals surface area contributed by atoms with Crippen LogP contribution in [0.5, 0.6) is 0 Å². The van der Waals surface area contributed by atoms with Gasteiger partial charge in [-0.1, -0.05) is 13.8 Å². The molecule has 0 aromatic carbocycles. The first-order valence-corrected chi connectivity index (χ1v) is 7.20. The average Bonchev–Trinajstić information content (AvgIpc) is 2.29. The minimum Gasteiger partial charge on any atom is -0.377 e.